The van der Waals surface area contributed by atoms with Gasteiger partial charge in [-0.15, -0.1) is 11.3 Å². The van der Waals surface area contributed by atoms with E-state index < -0.39 is 0 Å². The van der Waals surface area contributed by atoms with Gasteiger partial charge in [0, 0.05) is 33.0 Å². The van der Waals surface area contributed by atoms with Crippen LogP contribution in [0.5, 0.6) is 0 Å². The molecule has 2 nitrogen and oxygen atoms in total. The average molecular weight is 332 g/mol. The molecule has 5 heteroatoms. The first-order chi connectivity index (χ1) is 8.20. The van der Waals surface area contributed by atoms with Crippen LogP contribution in [0, 0.1) is 0 Å². The van der Waals surface area contributed by atoms with Gasteiger partial charge in [-0.3, -0.25) is 4.98 Å². The quantitative estimate of drug-likeness (QED) is 0.914. The Bertz CT molecular complexity index is 487. The van der Waals surface area contributed by atoms with Gasteiger partial charge in [0.25, 0.3) is 0 Å². The Kier molecular flexibility index (Phi) is 4.56. The standard InChI is InChI=1S/C12H12BrClN2S/c1-15-12(5-9-6-16-7-17-9)10-4-8(13)2-3-11(10)14/h2-4,6-7,12,15H,5H2,1H3. The van der Waals surface area contributed by atoms with Gasteiger partial charge in [-0.25, -0.2) is 0 Å². The minimum atomic E-state index is 0.209. The van der Waals surface area contributed by atoms with Gasteiger partial charge in [0.05, 0.1) is 5.51 Å². The van der Waals surface area contributed by atoms with E-state index in [1.54, 1.807) is 11.3 Å². The molecule has 17 heavy (non-hydrogen) atoms. The van der Waals surface area contributed by atoms with E-state index in [1.807, 2.05) is 30.9 Å². The Morgan fingerprint density at radius 3 is 3.00 bits per heavy atom. The lowest BCUT2D eigenvalue weighted by Crippen LogP contribution is -2.18. The number of aromatic nitrogens is 1. The van der Waals surface area contributed by atoms with E-state index in [-0.39, 0.29) is 6.04 Å². The lowest BCUT2D eigenvalue weighted by Gasteiger charge is -2.17. The highest BCUT2D eigenvalue weighted by atomic mass is 79.9. The molecule has 0 spiro atoms. The van der Waals surface area contributed by atoms with Gasteiger partial charge >= 0.3 is 0 Å². The second-order valence-electron chi connectivity index (χ2n) is 3.68. The van der Waals surface area contributed by atoms with E-state index in [9.17, 15) is 0 Å². The number of thiazole rings is 1. The van der Waals surface area contributed by atoms with Crippen molar-refractivity contribution in [2.75, 3.05) is 7.05 Å². The monoisotopic (exact) mass is 330 g/mol. The van der Waals surface area contributed by atoms with Gasteiger partial charge in [0.2, 0.25) is 0 Å². The molecule has 90 valence electrons. The number of benzene rings is 1. The molecule has 0 fully saturated rings. The van der Waals surface area contributed by atoms with Gasteiger partial charge in [-0.1, -0.05) is 27.5 Å². The molecule has 1 heterocycles. The van der Waals surface area contributed by atoms with Crippen molar-refractivity contribution in [1.29, 1.82) is 0 Å². The number of rotatable bonds is 4. The lowest BCUT2D eigenvalue weighted by atomic mass is 10.0. The summed E-state index contributed by atoms with van der Waals surface area (Å²) in [5.41, 5.74) is 2.96. The van der Waals surface area contributed by atoms with Crippen LogP contribution in [0.4, 0.5) is 0 Å². The van der Waals surface area contributed by atoms with Crippen molar-refractivity contribution >= 4 is 38.9 Å². The van der Waals surface area contributed by atoms with Crippen LogP contribution in [0.2, 0.25) is 5.02 Å². The van der Waals surface area contributed by atoms with Crippen LogP contribution in [0.25, 0.3) is 0 Å². The summed E-state index contributed by atoms with van der Waals surface area (Å²) >= 11 is 11.4. The van der Waals surface area contributed by atoms with Crippen molar-refractivity contribution in [3.8, 4) is 0 Å². The Hall–Kier alpha value is -0.420. The molecule has 0 aliphatic carbocycles. The van der Waals surface area contributed by atoms with E-state index in [2.05, 4.69) is 32.3 Å². The first kappa shape index (κ1) is 13.0. The van der Waals surface area contributed by atoms with Crippen LogP contribution in [0.15, 0.2) is 34.4 Å². The molecule has 1 atom stereocenters. The van der Waals surface area contributed by atoms with E-state index in [0.29, 0.717) is 0 Å². The summed E-state index contributed by atoms with van der Waals surface area (Å²) in [6, 6.07) is 6.13. The minimum absolute atomic E-state index is 0.209. The predicted octanol–water partition coefficient (Wildman–Crippen LogP) is 4.06. The smallest absolute Gasteiger partial charge is 0.0794 e. The summed E-state index contributed by atoms with van der Waals surface area (Å²) in [6.45, 7) is 0. The Morgan fingerprint density at radius 2 is 2.35 bits per heavy atom. The molecule has 0 bridgehead atoms. The molecule has 0 aliphatic rings. The fraction of sp³-hybridized carbons (Fsp3) is 0.250. The summed E-state index contributed by atoms with van der Waals surface area (Å²) in [7, 11) is 1.95. The first-order valence-electron chi connectivity index (χ1n) is 5.20. The van der Waals surface area contributed by atoms with Crippen LogP contribution in [0.1, 0.15) is 16.5 Å². The van der Waals surface area contributed by atoms with Crippen molar-refractivity contribution in [3.05, 3.63) is 49.8 Å². The molecule has 1 unspecified atom stereocenters. The van der Waals surface area contributed by atoms with Gasteiger partial charge in [0.1, 0.15) is 0 Å². The van der Waals surface area contributed by atoms with Crippen LogP contribution < -0.4 is 5.32 Å². The molecule has 2 rings (SSSR count). The molecule has 0 radical (unpaired) electrons. The minimum Gasteiger partial charge on any atom is -0.313 e. The Labute approximate surface area is 118 Å². The van der Waals surface area contributed by atoms with Gasteiger partial charge in [0.15, 0.2) is 0 Å². The number of hydrogen-bond donors (Lipinski definition) is 1. The van der Waals surface area contributed by atoms with Crippen molar-refractivity contribution < 1.29 is 0 Å². The first-order valence-corrected chi connectivity index (χ1v) is 7.25. The van der Waals surface area contributed by atoms with Crippen molar-refractivity contribution in [2.45, 2.75) is 12.5 Å². The number of halogens is 2. The normalized spacial score (nSPS) is 12.6. The molecule has 1 aromatic carbocycles. The zero-order chi connectivity index (χ0) is 12.3. The summed E-state index contributed by atoms with van der Waals surface area (Å²) in [5.74, 6) is 0. The SMILES string of the molecule is CNC(Cc1cncs1)c1cc(Br)ccc1Cl. The molecule has 0 saturated carbocycles. The van der Waals surface area contributed by atoms with Crippen molar-refractivity contribution in [2.24, 2.45) is 0 Å². The molecule has 0 amide bonds. The third-order valence-electron chi connectivity index (χ3n) is 2.57. The maximum atomic E-state index is 6.24. The maximum Gasteiger partial charge on any atom is 0.0794 e. The van der Waals surface area contributed by atoms with Gasteiger partial charge in [-0.2, -0.15) is 0 Å². The highest BCUT2D eigenvalue weighted by molar-refractivity contribution is 9.10. The fourth-order valence-corrected chi connectivity index (χ4v) is 2.96. The maximum absolute atomic E-state index is 6.24. The largest absolute Gasteiger partial charge is 0.313 e. The van der Waals surface area contributed by atoms with Gasteiger partial charge in [-0.05, 0) is 30.8 Å². The van der Waals surface area contributed by atoms with E-state index >= 15 is 0 Å². The highest BCUT2D eigenvalue weighted by Crippen LogP contribution is 2.29. The molecular weight excluding hydrogens is 320 g/mol. The highest BCUT2D eigenvalue weighted by Gasteiger charge is 2.14. The second kappa shape index (κ2) is 5.96. The number of nitrogens with zero attached hydrogens (tertiary/aromatic N) is 1. The van der Waals surface area contributed by atoms with Crippen LogP contribution in [0.3, 0.4) is 0 Å². The van der Waals surface area contributed by atoms with Crippen molar-refractivity contribution in [1.82, 2.24) is 10.3 Å². The number of nitrogens with one attached hydrogen (secondary N) is 1. The van der Waals surface area contributed by atoms with Crippen molar-refractivity contribution in [3.63, 3.8) is 0 Å². The third kappa shape index (κ3) is 3.28. The molecule has 0 aliphatic heterocycles. The van der Waals surface area contributed by atoms with E-state index in [0.717, 1.165) is 21.5 Å². The third-order valence-corrected chi connectivity index (χ3v) is 4.21. The van der Waals surface area contributed by atoms with E-state index in [1.165, 1.54) is 4.88 Å². The average Bonchev–Trinajstić information content (AvgIpc) is 2.82. The Morgan fingerprint density at radius 1 is 1.53 bits per heavy atom. The molecule has 1 aromatic heterocycles. The second-order valence-corrected chi connectivity index (χ2v) is 5.97. The summed E-state index contributed by atoms with van der Waals surface area (Å²) in [5, 5.41) is 4.09. The van der Waals surface area contributed by atoms with Gasteiger partial charge < -0.3 is 5.32 Å². The molecule has 1 N–H and O–H groups in total. The Balaban J connectivity index is 2.25. The summed E-state index contributed by atoms with van der Waals surface area (Å²) in [6.07, 6.45) is 2.80. The molecule has 2 aromatic rings. The predicted molar refractivity (Wildman–Crippen MR) is 76.8 cm³/mol. The fourth-order valence-electron chi connectivity index (χ4n) is 1.69. The topological polar surface area (TPSA) is 24.9 Å². The zero-order valence-electron chi connectivity index (χ0n) is 9.28. The number of likely N-dealkylation sites (N-methyl/N-ethyl adjacent to an activating group) is 1. The zero-order valence-corrected chi connectivity index (χ0v) is 12.4. The van der Waals surface area contributed by atoms with Crippen LogP contribution in [-0.2, 0) is 6.42 Å². The molecular formula is C12H12BrClN2S. The number of hydrogen-bond acceptors (Lipinski definition) is 3. The van der Waals surface area contributed by atoms with E-state index in [4.69, 9.17) is 11.6 Å². The summed E-state index contributed by atoms with van der Waals surface area (Å²) in [4.78, 5) is 5.34. The molecule has 0 saturated heterocycles. The lowest BCUT2D eigenvalue weighted by molar-refractivity contribution is 0.596. The summed E-state index contributed by atoms with van der Waals surface area (Å²) < 4.78 is 1.04. The van der Waals surface area contributed by atoms with Crippen LogP contribution >= 0.6 is 38.9 Å². The van der Waals surface area contributed by atoms with Crippen LogP contribution in [-0.4, -0.2) is 12.0 Å².